The van der Waals surface area contributed by atoms with Crippen molar-refractivity contribution in [1.29, 1.82) is 0 Å². The summed E-state index contributed by atoms with van der Waals surface area (Å²) >= 11 is 0. The lowest BCUT2D eigenvalue weighted by atomic mass is 9.67. The highest BCUT2D eigenvalue weighted by atomic mass is 16.1. The van der Waals surface area contributed by atoms with Crippen LogP contribution in [-0.4, -0.2) is 5.78 Å². The number of rotatable bonds is 5. The zero-order chi connectivity index (χ0) is 12.2. The van der Waals surface area contributed by atoms with E-state index in [9.17, 15) is 4.79 Å². The summed E-state index contributed by atoms with van der Waals surface area (Å²) in [6, 6.07) is 0. The maximum Gasteiger partial charge on any atom is 0.155 e. The van der Waals surface area contributed by atoms with Crippen LogP contribution in [0, 0.1) is 10.8 Å². The van der Waals surface area contributed by atoms with Gasteiger partial charge in [0.25, 0.3) is 0 Å². The van der Waals surface area contributed by atoms with E-state index in [2.05, 4.69) is 26.8 Å². The minimum atomic E-state index is 0.280. The molecule has 0 heterocycles. The number of carbonyl (C=O) groups excluding carboxylic acids is 1. The molecular formula is C15H26O. The van der Waals surface area contributed by atoms with Gasteiger partial charge in [-0.25, -0.2) is 0 Å². The van der Waals surface area contributed by atoms with Gasteiger partial charge < -0.3 is 0 Å². The SMILES string of the molecule is CCCC(=O)/C=C/CC1(C)CCCC1(C)C. The molecule has 1 nitrogen and oxygen atoms in total. The molecule has 0 amide bonds. The molecule has 1 aliphatic rings. The van der Waals surface area contributed by atoms with Crippen LogP contribution >= 0.6 is 0 Å². The molecule has 0 bridgehead atoms. The first-order chi connectivity index (χ1) is 7.41. The van der Waals surface area contributed by atoms with Gasteiger partial charge in [0.15, 0.2) is 5.78 Å². The molecule has 0 aliphatic heterocycles. The smallest absolute Gasteiger partial charge is 0.155 e. The Balaban J connectivity index is 2.51. The monoisotopic (exact) mass is 222 g/mol. The van der Waals surface area contributed by atoms with Crippen molar-refractivity contribution in [1.82, 2.24) is 0 Å². The summed E-state index contributed by atoms with van der Waals surface area (Å²) in [5.74, 6) is 0.280. The van der Waals surface area contributed by atoms with Gasteiger partial charge in [0, 0.05) is 6.42 Å². The van der Waals surface area contributed by atoms with Crippen LogP contribution in [0.3, 0.4) is 0 Å². The standard InChI is InChI=1S/C15H26O/c1-5-8-13(16)9-6-11-15(4)12-7-10-14(15,2)3/h6,9H,5,7-8,10-12H2,1-4H3/b9-6+. The maximum atomic E-state index is 11.4. The van der Waals surface area contributed by atoms with Crippen molar-refractivity contribution in [2.45, 2.75) is 66.2 Å². The van der Waals surface area contributed by atoms with Crippen LogP contribution in [0.15, 0.2) is 12.2 Å². The Bertz CT molecular complexity index is 275. The highest BCUT2D eigenvalue weighted by molar-refractivity contribution is 5.89. The molecule has 0 saturated heterocycles. The third-order valence-electron chi connectivity index (χ3n) is 4.53. The number of ketones is 1. The number of allylic oxidation sites excluding steroid dienone is 2. The minimum absolute atomic E-state index is 0.280. The van der Waals surface area contributed by atoms with Crippen molar-refractivity contribution in [3.05, 3.63) is 12.2 Å². The predicted molar refractivity (Wildman–Crippen MR) is 69.4 cm³/mol. The minimum Gasteiger partial charge on any atom is -0.295 e. The van der Waals surface area contributed by atoms with Crippen LogP contribution < -0.4 is 0 Å². The molecule has 0 radical (unpaired) electrons. The van der Waals surface area contributed by atoms with Crippen molar-refractivity contribution < 1.29 is 4.79 Å². The van der Waals surface area contributed by atoms with Crippen LogP contribution in [0.4, 0.5) is 0 Å². The van der Waals surface area contributed by atoms with Crippen molar-refractivity contribution in [3.63, 3.8) is 0 Å². The molecule has 16 heavy (non-hydrogen) atoms. The molecule has 1 heteroatoms. The Morgan fingerprint density at radius 1 is 1.25 bits per heavy atom. The van der Waals surface area contributed by atoms with E-state index < -0.39 is 0 Å². The average Bonchev–Trinajstić information content (AvgIpc) is 2.42. The van der Waals surface area contributed by atoms with Crippen molar-refractivity contribution in [2.24, 2.45) is 10.8 Å². The number of hydrogen-bond donors (Lipinski definition) is 0. The second kappa shape index (κ2) is 5.16. The molecule has 92 valence electrons. The van der Waals surface area contributed by atoms with E-state index in [1.165, 1.54) is 19.3 Å². The zero-order valence-electron chi connectivity index (χ0n) is 11.3. The lowest BCUT2D eigenvalue weighted by molar-refractivity contribution is -0.114. The molecule has 0 aromatic rings. The third-order valence-corrected chi connectivity index (χ3v) is 4.53. The lowest BCUT2D eigenvalue weighted by Crippen LogP contribution is -2.28. The summed E-state index contributed by atoms with van der Waals surface area (Å²) in [6.45, 7) is 9.14. The quantitative estimate of drug-likeness (QED) is 0.625. The van der Waals surface area contributed by atoms with Crippen molar-refractivity contribution in [2.75, 3.05) is 0 Å². The summed E-state index contributed by atoms with van der Waals surface area (Å²) < 4.78 is 0. The molecule has 1 aliphatic carbocycles. The fourth-order valence-electron chi connectivity index (χ4n) is 2.72. The van der Waals surface area contributed by atoms with Gasteiger partial charge in [-0.1, -0.05) is 40.2 Å². The van der Waals surface area contributed by atoms with Gasteiger partial charge >= 0.3 is 0 Å². The van der Waals surface area contributed by atoms with Gasteiger partial charge in [0.05, 0.1) is 0 Å². The van der Waals surface area contributed by atoms with E-state index >= 15 is 0 Å². The van der Waals surface area contributed by atoms with Crippen LogP contribution in [0.25, 0.3) is 0 Å². The van der Waals surface area contributed by atoms with E-state index in [4.69, 9.17) is 0 Å². The molecule has 0 aromatic heterocycles. The Labute approximate surface area is 100 Å². The van der Waals surface area contributed by atoms with E-state index in [1.54, 1.807) is 6.08 Å². The van der Waals surface area contributed by atoms with Crippen LogP contribution in [0.5, 0.6) is 0 Å². The number of carbonyl (C=O) groups is 1. The first-order valence-corrected chi connectivity index (χ1v) is 6.61. The maximum absolute atomic E-state index is 11.4. The highest BCUT2D eigenvalue weighted by Gasteiger charge is 2.43. The fourth-order valence-corrected chi connectivity index (χ4v) is 2.72. The summed E-state index contributed by atoms with van der Waals surface area (Å²) in [5.41, 5.74) is 0.807. The average molecular weight is 222 g/mol. The fraction of sp³-hybridized carbons (Fsp3) is 0.800. The second-order valence-electron chi connectivity index (χ2n) is 6.12. The Hall–Kier alpha value is -0.590. The second-order valence-corrected chi connectivity index (χ2v) is 6.12. The molecule has 1 saturated carbocycles. The summed E-state index contributed by atoms with van der Waals surface area (Å²) in [7, 11) is 0. The van der Waals surface area contributed by atoms with Crippen molar-refractivity contribution in [3.8, 4) is 0 Å². The Morgan fingerprint density at radius 2 is 1.94 bits per heavy atom. The van der Waals surface area contributed by atoms with Crippen LogP contribution in [-0.2, 0) is 4.79 Å². The van der Waals surface area contributed by atoms with Gasteiger partial charge in [0.1, 0.15) is 0 Å². The Kier molecular flexibility index (Phi) is 4.35. The molecule has 0 spiro atoms. The first-order valence-electron chi connectivity index (χ1n) is 6.61. The lowest BCUT2D eigenvalue weighted by Gasteiger charge is -2.37. The van der Waals surface area contributed by atoms with Crippen molar-refractivity contribution >= 4 is 5.78 Å². The van der Waals surface area contributed by atoms with E-state index in [-0.39, 0.29) is 5.78 Å². The summed E-state index contributed by atoms with van der Waals surface area (Å²) in [5, 5.41) is 0. The third kappa shape index (κ3) is 2.96. The largest absolute Gasteiger partial charge is 0.295 e. The first kappa shape index (κ1) is 13.5. The molecular weight excluding hydrogens is 196 g/mol. The predicted octanol–water partition coefficient (Wildman–Crippen LogP) is 4.52. The van der Waals surface area contributed by atoms with E-state index in [0.717, 1.165) is 12.8 Å². The molecule has 1 unspecified atom stereocenters. The van der Waals surface area contributed by atoms with Gasteiger partial charge in [-0.05, 0) is 42.6 Å². The summed E-state index contributed by atoms with van der Waals surface area (Å²) in [4.78, 5) is 11.4. The van der Waals surface area contributed by atoms with E-state index in [1.807, 2.05) is 6.92 Å². The number of hydrogen-bond acceptors (Lipinski definition) is 1. The van der Waals surface area contributed by atoms with Gasteiger partial charge in [0.2, 0.25) is 0 Å². The van der Waals surface area contributed by atoms with Gasteiger partial charge in [-0.15, -0.1) is 0 Å². The Morgan fingerprint density at radius 3 is 2.44 bits per heavy atom. The van der Waals surface area contributed by atoms with Gasteiger partial charge in [-0.2, -0.15) is 0 Å². The molecule has 0 aromatic carbocycles. The molecule has 0 N–H and O–H groups in total. The summed E-state index contributed by atoms with van der Waals surface area (Å²) in [6.07, 6.45) is 10.5. The van der Waals surface area contributed by atoms with E-state index in [0.29, 0.717) is 17.3 Å². The topological polar surface area (TPSA) is 17.1 Å². The molecule has 1 fully saturated rings. The van der Waals surface area contributed by atoms with Crippen LogP contribution in [0.1, 0.15) is 66.2 Å². The zero-order valence-corrected chi connectivity index (χ0v) is 11.3. The highest BCUT2D eigenvalue weighted by Crippen LogP contribution is 2.54. The molecule has 1 rings (SSSR count). The molecule has 1 atom stereocenters. The van der Waals surface area contributed by atoms with Crippen LogP contribution in [0.2, 0.25) is 0 Å². The van der Waals surface area contributed by atoms with Gasteiger partial charge in [-0.3, -0.25) is 4.79 Å². The normalized spacial score (nSPS) is 28.8.